The molecule has 0 spiro atoms. The average Bonchev–Trinajstić information content (AvgIpc) is 2.26. The van der Waals surface area contributed by atoms with E-state index in [1.165, 1.54) is 11.6 Å². The Hall–Kier alpha value is -1.83. The first-order valence-corrected chi connectivity index (χ1v) is 5.60. The number of nitriles is 1. The van der Waals surface area contributed by atoms with Gasteiger partial charge >= 0.3 is 5.69 Å². The molecule has 0 saturated carbocycles. The van der Waals surface area contributed by atoms with Gasteiger partial charge in [-0.25, -0.2) is 4.79 Å². The molecule has 0 N–H and O–H groups in total. The van der Waals surface area contributed by atoms with E-state index in [-0.39, 0.29) is 11.3 Å². The van der Waals surface area contributed by atoms with Gasteiger partial charge in [-0.2, -0.15) is 5.26 Å². The fourth-order valence-corrected chi connectivity index (χ4v) is 1.65. The summed E-state index contributed by atoms with van der Waals surface area (Å²) >= 11 is 0. The molecule has 5 heteroatoms. The number of aromatic nitrogens is 2. The summed E-state index contributed by atoms with van der Waals surface area (Å²) in [4.78, 5) is 23.6. The molecule has 0 aliphatic rings. The van der Waals surface area contributed by atoms with Crippen LogP contribution < -0.4 is 11.2 Å². The van der Waals surface area contributed by atoms with E-state index in [1.807, 2.05) is 6.07 Å². The van der Waals surface area contributed by atoms with Crippen molar-refractivity contribution < 1.29 is 0 Å². The Morgan fingerprint density at radius 2 is 1.94 bits per heavy atom. The van der Waals surface area contributed by atoms with E-state index in [0.717, 1.165) is 11.0 Å². The highest BCUT2D eigenvalue weighted by Gasteiger charge is 2.13. The molecule has 1 rings (SSSR count). The molecule has 0 atom stereocenters. The van der Waals surface area contributed by atoms with Gasteiger partial charge in [-0.15, -0.1) is 0 Å². The Morgan fingerprint density at radius 1 is 1.35 bits per heavy atom. The molecule has 0 fully saturated rings. The molecule has 1 aromatic rings. The maximum absolute atomic E-state index is 11.9. The smallest absolute Gasteiger partial charge is 0.296 e. The van der Waals surface area contributed by atoms with Gasteiger partial charge in [0, 0.05) is 19.3 Å². The highest BCUT2D eigenvalue weighted by Crippen LogP contribution is 2.04. The molecule has 17 heavy (non-hydrogen) atoms. The topological polar surface area (TPSA) is 67.8 Å². The largest absolute Gasteiger partial charge is 0.330 e. The molecule has 0 aliphatic heterocycles. The lowest BCUT2D eigenvalue weighted by Crippen LogP contribution is -2.41. The van der Waals surface area contributed by atoms with E-state index in [2.05, 4.69) is 13.8 Å². The minimum atomic E-state index is -0.518. The summed E-state index contributed by atoms with van der Waals surface area (Å²) in [5.41, 5.74) is -0.361. The predicted molar refractivity (Wildman–Crippen MR) is 64.9 cm³/mol. The minimum absolute atomic E-state index is 0.0517. The van der Waals surface area contributed by atoms with Crippen molar-refractivity contribution in [1.82, 2.24) is 9.13 Å². The molecule has 92 valence electrons. The molecule has 1 aromatic heterocycles. The monoisotopic (exact) mass is 235 g/mol. The van der Waals surface area contributed by atoms with Gasteiger partial charge in [0.05, 0.1) is 0 Å². The second-order valence-electron chi connectivity index (χ2n) is 4.55. The van der Waals surface area contributed by atoms with Crippen molar-refractivity contribution in [1.29, 1.82) is 5.26 Å². The molecule has 0 saturated heterocycles. The van der Waals surface area contributed by atoms with Crippen molar-refractivity contribution in [2.24, 2.45) is 13.0 Å². The van der Waals surface area contributed by atoms with Crippen molar-refractivity contribution >= 4 is 0 Å². The number of hydrogen-bond acceptors (Lipinski definition) is 3. The Kier molecular flexibility index (Phi) is 3.89. The van der Waals surface area contributed by atoms with Crippen LogP contribution in [0.4, 0.5) is 0 Å². The van der Waals surface area contributed by atoms with E-state index in [9.17, 15) is 9.59 Å². The van der Waals surface area contributed by atoms with Crippen molar-refractivity contribution in [2.45, 2.75) is 33.7 Å². The standard InChI is InChI=1S/C12H17N3O2/c1-8(2)5-6-15-9(3)10(7-13)11(16)14(4)12(15)17/h8H,5-6H2,1-4H3. The normalized spacial score (nSPS) is 10.6. The van der Waals surface area contributed by atoms with Crippen LogP contribution in [0.2, 0.25) is 0 Å². The van der Waals surface area contributed by atoms with Gasteiger partial charge in [-0.1, -0.05) is 13.8 Å². The molecule has 0 aliphatic carbocycles. The third-order valence-corrected chi connectivity index (χ3v) is 2.84. The Morgan fingerprint density at radius 3 is 2.41 bits per heavy atom. The Bertz CT molecular complexity index is 573. The van der Waals surface area contributed by atoms with Crippen molar-refractivity contribution in [3.05, 3.63) is 32.1 Å². The molecule has 1 heterocycles. The summed E-state index contributed by atoms with van der Waals surface area (Å²) in [6.45, 7) is 6.30. The van der Waals surface area contributed by atoms with Crippen LogP contribution in [0.25, 0.3) is 0 Å². The van der Waals surface area contributed by atoms with Crippen molar-refractivity contribution in [2.75, 3.05) is 0 Å². The van der Waals surface area contributed by atoms with Gasteiger partial charge in [0.25, 0.3) is 5.56 Å². The van der Waals surface area contributed by atoms with E-state index in [1.54, 1.807) is 6.92 Å². The van der Waals surface area contributed by atoms with Crippen LogP contribution in [0, 0.1) is 24.2 Å². The van der Waals surface area contributed by atoms with Crippen LogP contribution in [0.3, 0.4) is 0 Å². The Balaban J connectivity index is 3.42. The van der Waals surface area contributed by atoms with E-state index < -0.39 is 5.56 Å². The van der Waals surface area contributed by atoms with Gasteiger partial charge in [0.15, 0.2) is 0 Å². The molecular weight excluding hydrogens is 218 g/mol. The molecule has 0 radical (unpaired) electrons. The number of nitrogens with zero attached hydrogens (tertiary/aromatic N) is 3. The van der Waals surface area contributed by atoms with E-state index in [4.69, 9.17) is 5.26 Å². The summed E-state index contributed by atoms with van der Waals surface area (Å²) in [6, 6.07) is 1.87. The number of rotatable bonds is 3. The fraction of sp³-hybridized carbons (Fsp3) is 0.583. The molecule has 0 aromatic carbocycles. The van der Waals surface area contributed by atoms with Gasteiger partial charge in [-0.05, 0) is 19.3 Å². The summed E-state index contributed by atoms with van der Waals surface area (Å²) in [7, 11) is 1.40. The lowest BCUT2D eigenvalue weighted by molar-refractivity contribution is 0.482. The fourth-order valence-electron chi connectivity index (χ4n) is 1.65. The SMILES string of the molecule is Cc1c(C#N)c(=O)n(C)c(=O)n1CCC(C)C. The highest BCUT2D eigenvalue weighted by molar-refractivity contribution is 5.30. The minimum Gasteiger partial charge on any atom is -0.296 e. The quantitative estimate of drug-likeness (QED) is 0.777. The second-order valence-corrected chi connectivity index (χ2v) is 4.55. The van der Waals surface area contributed by atoms with Crippen LogP contribution in [0.5, 0.6) is 0 Å². The predicted octanol–water partition coefficient (Wildman–Crippen LogP) is 0.773. The van der Waals surface area contributed by atoms with Gasteiger partial charge in [-0.3, -0.25) is 13.9 Å². The van der Waals surface area contributed by atoms with Crippen LogP contribution in [-0.2, 0) is 13.6 Å². The van der Waals surface area contributed by atoms with Gasteiger partial charge < -0.3 is 0 Å². The average molecular weight is 235 g/mol. The van der Waals surface area contributed by atoms with Gasteiger partial charge in [0.2, 0.25) is 0 Å². The zero-order chi connectivity index (χ0) is 13.2. The van der Waals surface area contributed by atoms with Gasteiger partial charge in [0.1, 0.15) is 11.6 Å². The first-order chi connectivity index (χ1) is 7.90. The van der Waals surface area contributed by atoms with E-state index >= 15 is 0 Å². The summed E-state index contributed by atoms with van der Waals surface area (Å²) < 4.78 is 2.49. The third kappa shape index (κ3) is 2.47. The van der Waals surface area contributed by atoms with Crippen molar-refractivity contribution in [3.8, 4) is 6.07 Å². The summed E-state index contributed by atoms with van der Waals surface area (Å²) in [6.07, 6.45) is 0.837. The maximum Gasteiger partial charge on any atom is 0.330 e. The molecule has 5 nitrogen and oxygen atoms in total. The van der Waals surface area contributed by atoms with Crippen LogP contribution in [-0.4, -0.2) is 9.13 Å². The molecule has 0 bridgehead atoms. The third-order valence-electron chi connectivity index (χ3n) is 2.84. The van der Waals surface area contributed by atoms with Crippen LogP contribution in [0.1, 0.15) is 31.5 Å². The zero-order valence-corrected chi connectivity index (χ0v) is 10.6. The lowest BCUT2D eigenvalue weighted by Gasteiger charge is -2.13. The first-order valence-electron chi connectivity index (χ1n) is 5.60. The summed E-state index contributed by atoms with van der Waals surface area (Å²) in [5, 5.41) is 8.94. The Labute approximate surface area is 99.9 Å². The molecule has 0 amide bonds. The number of hydrogen-bond donors (Lipinski definition) is 0. The van der Waals surface area contributed by atoms with Crippen LogP contribution in [0.15, 0.2) is 9.59 Å². The second kappa shape index (κ2) is 5.00. The van der Waals surface area contributed by atoms with E-state index in [0.29, 0.717) is 18.2 Å². The zero-order valence-electron chi connectivity index (χ0n) is 10.6. The van der Waals surface area contributed by atoms with Crippen molar-refractivity contribution in [3.63, 3.8) is 0 Å². The first kappa shape index (κ1) is 13.2. The maximum atomic E-state index is 11.9. The summed E-state index contributed by atoms with van der Waals surface area (Å²) in [5.74, 6) is 0.462. The lowest BCUT2D eigenvalue weighted by atomic mass is 10.1. The molecule has 0 unspecified atom stereocenters. The highest BCUT2D eigenvalue weighted by atomic mass is 16.2. The molecular formula is C12H17N3O2. The van der Waals surface area contributed by atoms with Crippen LogP contribution >= 0.6 is 0 Å².